The quantitative estimate of drug-likeness (QED) is 0.607. The summed E-state index contributed by atoms with van der Waals surface area (Å²) in [6.07, 6.45) is 0. The van der Waals surface area contributed by atoms with Gasteiger partial charge in [0.2, 0.25) is 5.78 Å². The fourth-order valence-corrected chi connectivity index (χ4v) is 2.34. The van der Waals surface area contributed by atoms with Crippen LogP contribution < -0.4 is 0 Å². The molecule has 22 heavy (non-hydrogen) atoms. The predicted molar refractivity (Wildman–Crippen MR) is 82.9 cm³/mol. The van der Waals surface area contributed by atoms with Crippen molar-refractivity contribution < 1.29 is 19.1 Å². The second-order valence-electron chi connectivity index (χ2n) is 4.85. The number of carbonyl (C=O) groups excluding carboxylic acids is 2. The molecule has 0 spiro atoms. The number of hydrogen-bond acceptors (Lipinski definition) is 4. The maximum Gasteiger partial charge on any atom is 0.260 e. The molecule has 0 fully saturated rings. The Bertz CT molecular complexity index is 655. The van der Waals surface area contributed by atoms with E-state index in [1.165, 1.54) is 21.1 Å². The summed E-state index contributed by atoms with van der Waals surface area (Å²) in [4.78, 5) is 24.2. The normalized spacial score (nSPS) is 11.2. The van der Waals surface area contributed by atoms with Crippen LogP contribution in [-0.4, -0.2) is 25.8 Å². The van der Waals surface area contributed by atoms with E-state index in [0.29, 0.717) is 16.7 Å². The zero-order valence-electron chi connectivity index (χ0n) is 12.8. The van der Waals surface area contributed by atoms with Gasteiger partial charge in [-0.1, -0.05) is 54.6 Å². The van der Waals surface area contributed by atoms with Gasteiger partial charge in [-0.2, -0.15) is 0 Å². The number of rotatable bonds is 6. The Hall–Kier alpha value is -2.30. The first-order valence-electron chi connectivity index (χ1n) is 6.87. The van der Waals surface area contributed by atoms with Crippen LogP contribution in [0.4, 0.5) is 0 Å². The smallest absolute Gasteiger partial charge is 0.260 e. The van der Waals surface area contributed by atoms with Crippen molar-refractivity contribution in [1.29, 1.82) is 0 Å². The van der Waals surface area contributed by atoms with E-state index in [4.69, 9.17) is 9.47 Å². The molecule has 0 aliphatic carbocycles. The largest absolute Gasteiger partial charge is 0.343 e. The highest BCUT2D eigenvalue weighted by Crippen LogP contribution is 2.30. The van der Waals surface area contributed by atoms with Gasteiger partial charge in [-0.3, -0.25) is 9.59 Å². The molecular formula is C18H18O4. The van der Waals surface area contributed by atoms with Gasteiger partial charge in [-0.25, -0.2) is 0 Å². The van der Waals surface area contributed by atoms with E-state index >= 15 is 0 Å². The monoisotopic (exact) mass is 298 g/mol. The molecule has 0 amide bonds. The third-order valence-corrected chi connectivity index (χ3v) is 3.58. The van der Waals surface area contributed by atoms with Gasteiger partial charge in [0.25, 0.3) is 5.79 Å². The summed E-state index contributed by atoms with van der Waals surface area (Å²) >= 11 is 0. The van der Waals surface area contributed by atoms with Crippen LogP contribution in [-0.2, 0) is 15.3 Å². The van der Waals surface area contributed by atoms with Gasteiger partial charge < -0.3 is 9.47 Å². The van der Waals surface area contributed by atoms with E-state index in [-0.39, 0.29) is 11.6 Å². The van der Waals surface area contributed by atoms with Crippen molar-refractivity contribution in [3.8, 4) is 0 Å². The van der Waals surface area contributed by atoms with E-state index < -0.39 is 5.79 Å². The summed E-state index contributed by atoms with van der Waals surface area (Å²) in [5, 5.41) is 0. The van der Waals surface area contributed by atoms with E-state index in [1.807, 2.05) is 18.2 Å². The molecule has 0 saturated heterocycles. The van der Waals surface area contributed by atoms with Crippen molar-refractivity contribution in [3.05, 3.63) is 71.3 Å². The lowest BCUT2D eigenvalue weighted by Gasteiger charge is -2.29. The van der Waals surface area contributed by atoms with Crippen LogP contribution in [0.2, 0.25) is 0 Å². The highest BCUT2D eigenvalue weighted by atomic mass is 16.7. The molecule has 0 radical (unpaired) electrons. The van der Waals surface area contributed by atoms with Crippen LogP contribution in [0.15, 0.2) is 54.6 Å². The molecule has 2 aromatic rings. The molecule has 0 unspecified atom stereocenters. The number of carbonyl (C=O) groups is 2. The second-order valence-corrected chi connectivity index (χ2v) is 4.85. The molecule has 0 aliphatic rings. The Morgan fingerprint density at radius 3 is 1.77 bits per heavy atom. The average molecular weight is 298 g/mol. The molecule has 0 N–H and O–H groups in total. The van der Waals surface area contributed by atoms with Crippen molar-refractivity contribution in [2.24, 2.45) is 0 Å². The van der Waals surface area contributed by atoms with Gasteiger partial charge in [0.1, 0.15) is 0 Å². The van der Waals surface area contributed by atoms with Gasteiger partial charge in [-0.05, 0) is 6.92 Å². The lowest BCUT2D eigenvalue weighted by molar-refractivity contribution is -0.176. The van der Waals surface area contributed by atoms with Crippen LogP contribution >= 0.6 is 0 Å². The van der Waals surface area contributed by atoms with E-state index in [0.717, 1.165) is 0 Å². The molecule has 114 valence electrons. The van der Waals surface area contributed by atoms with E-state index in [9.17, 15) is 9.59 Å². The van der Waals surface area contributed by atoms with Gasteiger partial charge in [0, 0.05) is 30.9 Å². The van der Waals surface area contributed by atoms with Crippen LogP contribution in [0.5, 0.6) is 0 Å². The third kappa shape index (κ3) is 2.84. The van der Waals surface area contributed by atoms with E-state index in [2.05, 4.69) is 0 Å². The Balaban J connectivity index is 2.44. The van der Waals surface area contributed by atoms with Crippen molar-refractivity contribution >= 4 is 11.6 Å². The summed E-state index contributed by atoms with van der Waals surface area (Å²) in [5.41, 5.74) is 1.58. The van der Waals surface area contributed by atoms with Crippen molar-refractivity contribution in [2.75, 3.05) is 14.2 Å². The molecule has 4 nitrogen and oxygen atoms in total. The van der Waals surface area contributed by atoms with Crippen molar-refractivity contribution in [2.45, 2.75) is 12.7 Å². The zero-order chi connectivity index (χ0) is 16.2. The number of hydrogen-bond donors (Lipinski definition) is 0. The van der Waals surface area contributed by atoms with E-state index in [1.54, 1.807) is 36.4 Å². The topological polar surface area (TPSA) is 52.6 Å². The molecule has 0 aromatic heterocycles. The average Bonchev–Trinajstić information content (AvgIpc) is 2.57. The Kier molecular flexibility index (Phi) is 4.85. The fourth-order valence-electron chi connectivity index (χ4n) is 2.34. The van der Waals surface area contributed by atoms with Crippen molar-refractivity contribution in [3.63, 3.8) is 0 Å². The van der Waals surface area contributed by atoms with Crippen LogP contribution in [0.1, 0.15) is 33.2 Å². The molecule has 2 rings (SSSR count). The predicted octanol–water partition coefficient (Wildman–Crippen LogP) is 3.22. The molecule has 0 atom stereocenters. The number of benzene rings is 2. The summed E-state index contributed by atoms with van der Waals surface area (Å²) < 4.78 is 10.9. The Labute approximate surface area is 129 Å². The maximum atomic E-state index is 12.9. The summed E-state index contributed by atoms with van der Waals surface area (Å²) in [6, 6.07) is 15.5. The molecule has 0 bridgehead atoms. The number of ether oxygens (including phenoxy) is 2. The van der Waals surface area contributed by atoms with Crippen LogP contribution in [0, 0.1) is 0 Å². The summed E-state index contributed by atoms with van der Waals surface area (Å²) in [7, 11) is 2.86. The number of ketones is 2. The lowest BCUT2D eigenvalue weighted by Crippen LogP contribution is -2.40. The van der Waals surface area contributed by atoms with Gasteiger partial charge in [-0.15, -0.1) is 0 Å². The minimum Gasteiger partial charge on any atom is -0.343 e. The van der Waals surface area contributed by atoms with Gasteiger partial charge in [0.15, 0.2) is 5.78 Å². The Morgan fingerprint density at radius 2 is 1.32 bits per heavy atom. The number of methoxy groups -OCH3 is 2. The lowest BCUT2D eigenvalue weighted by atomic mass is 9.95. The second kappa shape index (κ2) is 6.64. The molecule has 0 aliphatic heterocycles. The first-order valence-corrected chi connectivity index (χ1v) is 6.87. The minimum absolute atomic E-state index is 0.0493. The summed E-state index contributed by atoms with van der Waals surface area (Å²) in [5.74, 6) is -1.87. The Morgan fingerprint density at radius 1 is 0.818 bits per heavy atom. The summed E-state index contributed by atoms with van der Waals surface area (Å²) in [6.45, 7) is 1.48. The van der Waals surface area contributed by atoms with Crippen molar-refractivity contribution in [1.82, 2.24) is 0 Å². The first kappa shape index (κ1) is 16.1. The highest BCUT2D eigenvalue weighted by molar-refractivity contribution is 6.03. The van der Waals surface area contributed by atoms with Gasteiger partial charge >= 0.3 is 0 Å². The minimum atomic E-state index is -1.50. The van der Waals surface area contributed by atoms with Gasteiger partial charge in [0.05, 0.1) is 0 Å². The molecule has 4 heteroatoms. The SMILES string of the molecule is COC(OC)(C(=O)c1ccc(C(C)=O)cc1)c1ccccc1. The molecule has 2 aromatic carbocycles. The highest BCUT2D eigenvalue weighted by Gasteiger charge is 2.41. The molecule has 0 heterocycles. The van der Waals surface area contributed by atoms with Crippen LogP contribution in [0.25, 0.3) is 0 Å². The number of Topliss-reactive ketones (excluding diaryl/α,β-unsaturated/α-hetero) is 2. The maximum absolute atomic E-state index is 12.9. The standard InChI is InChI=1S/C18H18O4/c1-13(19)14-9-11-15(12-10-14)17(20)18(21-2,22-3)16-7-5-4-6-8-16/h4-12H,1-3H3. The zero-order valence-corrected chi connectivity index (χ0v) is 12.8. The van der Waals surface area contributed by atoms with Crippen LogP contribution in [0.3, 0.4) is 0 Å². The fraction of sp³-hybridized carbons (Fsp3) is 0.222. The molecular weight excluding hydrogens is 280 g/mol. The first-order chi connectivity index (χ1) is 10.5. The third-order valence-electron chi connectivity index (χ3n) is 3.58. The molecule has 0 saturated carbocycles.